The number of nitrogens with one attached hydrogen (secondary N) is 1. The average Bonchev–Trinajstić information content (AvgIpc) is 2.79. The van der Waals surface area contributed by atoms with E-state index in [-0.39, 0.29) is 49.4 Å². The standard InChI is InChI=1S/C24H28N4O4/c1-17(19-11-7-4-8-12-19)15-20(29)28(16-18-9-5-3-6-10-18)21-22(25)27(13-14-32-2)24(31)26-23(21)30/h3-12,17H,13-16,25H2,1-2H3,(H,26,30,31). The second-order valence-corrected chi connectivity index (χ2v) is 7.62. The molecule has 1 atom stereocenters. The quantitative estimate of drug-likeness (QED) is 0.535. The van der Waals surface area contributed by atoms with E-state index in [4.69, 9.17) is 10.5 Å². The Hall–Kier alpha value is -3.65. The first-order valence-corrected chi connectivity index (χ1v) is 10.4. The van der Waals surface area contributed by atoms with Gasteiger partial charge in [-0.2, -0.15) is 0 Å². The van der Waals surface area contributed by atoms with Crippen LogP contribution in [-0.2, 0) is 22.6 Å². The number of nitrogens with two attached hydrogens (primary N) is 1. The molecule has 32 heavy (non-hydrogen) atoms. The molecule has 0 saturated carbocycles. The van der Waals surface area contributed by atoms with Crippen LogP contribution in [0.1, 0.15) is 30.4 Å². The number of carbonyl (C=O) groups excluding carboxylic acids is 1. The molecule has 168 valence electrons. The number of hydrogen-bond donors (Lipinski definition) is 2. The van der Waals surface area contributed by atoms with Crippen LogP contribution < -0.4 is 21.9 Å². The summed E-state index contributed by atoms with van der Waals surface area (Å²) in [4.78, 5) is 42.2. The van der Waals surface area contributed by atoms with Crippen LogP contribution in [0.3, 0.4) is 0 Å². The first-order chi connectivity index (χ1) is 15.4. The fraction of sp³-hybridized carbons (Fsp3) is 0.292. The number of aromatic nitrogens is 2. The highest BCUT2D eigenvalue weighted by Crippen LogP contribution is 2.25. The molecule has 1 amide bonds. The van der Waals surface area contributed by atoms with Crippen LogP contribution in [0.2, 0.25) is 0 Å². The number of H-pyrrole nitrogens is 1. The smallest absolute Gasteiger partial charge is 0.330 e. The number of rotatable bonds is 9. The van der Waals surface area contributed by atoms with Crippen molar-refractivity contribution in [1.29, 1.82) is 0 Å². The number of nitrogens with zero attached hydrogens (tertiary/aromatic N) is 2. The molecule has 0 aliphatic rings. The van der Waals surface area contributed by atoms with Crippen LogP contribution in [-0.4, -0.2) is 29.2 Å². The minimum absolute atomic E-state index is 0.0326. The topological polar surface area (TPSA) is 110 Å². The minimum atomic E-state index is -0.696. The first kappa shape index (κ1) is 23.0. The van der Waals surface area contributed by atoms with Gasteiger partial charge >= 0.3 is 5.69 Å². The van der Waals surface area contributed by atoms with Crippen LogP contribution in [0.25, 0.3) is 0 Å². The number of carbonyl (C=O) groups is 1. The Morgan fingerprint density at radius 2 is 1.72 bits per heavy atom. The van der Waals surface area contributed by atoms with E-state index >= 15 is 0 Å². The molecule has 0 radical (unpaired) electrons. The molecular formula is C24H28N4O4. The van der Waals surface area contributed by atoms with Gasteiger partial charge < -0.3 is 15.4 Å². The predicted molar refractivity (Wildman–Crippen MR) is 125 cm³/mol. The van der Waals surface area contributed by atoms with Crippen molar-refractivity contribution >= 4 is 17.4 Å². The largest absolute Gasteiger partial charge is 0.383 e. The molecule has 8 nitrogen and oxygen atoms in total. The number of aromatic amines is 1. The zero-order valence-corrected chi connectivity index (χ0v) is 18.3. The molecule has 1 heterocycles. The molecule has 3 aromatic rings. The number of nitrogen functional groups attached to an aromatic ring is 1. The van der Waals surface area contributed by atoms with Crippen molar-refractivity contribution in [2.45, 2.75) is 32.4 Å². The fourth-order valence-corrected chi connectivity index (χ4v) is 3.57. The Balaban J connectivity index is 2.02. The van der Waals surface area contributed by atoms with Gasteiger partial charge in [0.25, 0.3) is 5.56 Å². The monoisotopic (exact) mass is 436 g/mol. The lowest BCUT2D eigenvalue weighted by atomic mass is 9.97. The molecule has 0 aliphatic carbocycles. The summed E-state index contributed by atoms with van der Waals surface area (Å²) in [5.41, 5.74) is 6.74. The summed E-state index contributed by atoms with van der Waals surface area (Å²) in [6.07, 6.45) is 0.174. The zero-order chi connectivity index (χ0) is 23.1. The highest BCUT2D eigenvalue weighted by Gasteiger charge is 2.26. The second-order valence-electron chi connectivity index (χ2n) is 7.62. The number of anilines is 2. The van der Waals surface area contributed by atoms with Gasteiger partial charge in [-0.3, -0.25) is 19.1 Å². The summed E-state index contributed by atoms with van der Waals surface area (Å²) in [5, 5.41) is 0. The van der Waals surface area contributed by atoms with E-state index < -0.39 is 11.2 Å². The summed E-state index contributed by atoms with van der Waals surface area (Å²) >= 11 is 0. The molecule has 0 saturated heterocycles. The molecule has 3 rings (SSSR count). The molecule has 2 aromatic carbocycles. The van der Waals surface area contributed by atoms with Crippen LogP contribution in [0.5, 0.6) is 0 Å². The van der Waals surface area contributed by atoms with Crippen molar-refractivity contribution in [2.75, 3.05) is 24.4 Å². The molecule has 1 aromatic heterocycles. The van der Waals surface area contributed by atoms with E-state index in [1.807, 2.05) is 67.6 Å². The Kier molecular flexibility index (Phi) is 7.62. The fourth-order valence-electron chi connectivity index (χ4n) is 3.57. The van der Waals surface area contributed by atoms with E-state index in [1.165, 1.54) is 16.6 Å². The normalized spacial score (nSPS) is 11.8. The van der Waals surface area contributed by atoms with E-state index in [2.05, 4.69) is 4.98 Å². The van der Waals surface area contributed by atoms with Crippen LogP contribution >= 0.6 is 0 Å². The van der Waals surface area contributed by atoms with E-state index in [9.17, 15) is 14.4 Å². The third-order valence-corrected chi connectivity index (χ3v) is 5.34. The summed E-state index contributed by atoms with van der Waals surface area (Å²) < 4.78 is 6.26. The minimum Gasteiger partial charge on any atom is -0.383 e. The van der Waals surface area contributed by atoms with Gasteiger partial charge in [0, 0.05) is 13.5 Å². The molecule has 3 N–H and O–H groups in total. The summed E-state index contributed by atoms with van der Waals surface area (Å²) in [7, 11) is 1.50. The van der Waals surface area contributed by atoms with E-state index in [0.717, 1.165) is 11.1 Å². The predicted octanol–water partition coefficient (Wildman–Crippen LogP) is 2.49. The van der Waals surface area contributed by atoms with Crippen molar-refractivity contribution in [3.8, 4) is 0 Å². The van der Waals surface area contributed by atoms with Crippen molar-refractivity contribution < 1.29 is 9.53 Å². The van der Waals surface area contributed by atoms with Crippen molar-refractivity contribution in [2.24, 2.45) is 0 Å². The van der Waals surface area contributed by atoms with Gasteiger partial charge in [-0.15, -0.1) is 0 Å². The molecule has 0 fully saturated rings. The Morgan fingerprint density at radius 1 is 1.09 bits per heavy atom. The third-order valence-electron chi connectivity index (χ3n) is 5.34. The maximum absolute atomic E-state index is 13.5. The summed E-state index contributed by atoms with van der Waals surface area (Å²) in [6, 6.07) is 19.0. The Bertz CT molecular complexity index is 1160. The zero-order valence-electron chi connectivity index (χ0n) is 18.3. The second kappa shape index (κ2) is 10.6. The lowest BCUT2D eigenvalue weighted by Gasteiger charge is -2.26. The molecule has 8 heteroatoms. The lowest BCUT2D eigenvalue weighted by Crippen LogP contribution is -2.41. The molecule has 1 unspecified atom stereocenters. The molecular weight excluding hydrogens is 408 g/mol. The average molecular weight is 437 g/mol. The van der Waals surface area contributed by atoms with Gasteiger partial charge in [0.1, 0.15) is 5.82 Å². The maximum atomic E-state index is 13.5. The van der Waals surface area contributed by atoms with Gasteiger partial charge in [0.05, 0.1) is 19.7 Å². The molecule has 0 bridgehead atoms. The van der Waals surface area contributed by atoms with Gasteiger partial charge in [-0.25, -0.2) is 4.79 Å². The lowest BCUT2D eigenvalue weighted by molar-refractivity contribution is -0.119. The van der Waals surface area contributed by atoms with E-state index in [1.54, 1.807) is 0 Å². The van der Waals surface area contributed by atoms with Gasteiger partial charge in [0.15, 0.2) is 5.69 Å². The number of hydrogen-bond acceptors (Lipinski definition) is 5. The van der Waals surface area contributed by atoms with Crippen molar-refractivity contribution in [3.05, 3.63) is 92.6 Å². The SMILES string of the molecule is COCCn1c(N)c(N(Cc2ccccc2)C(=O)CC(C)c2ccccc2)c(=O)[nH]c1=O. The van der Waals surface area contributed by atoms with Crippen molar-refractivity contribution in [1.82, 2.24) is 9.55 Å². The molecule has 0 spiro atoms. The number of methoxy groups -OCH3 is 1. The van der Waals surface area contributed by atoms with Gasteiger partial charge in [-0.05, 0) is 17.0 Å². The van der Waals surface area contributed by atoms with E-state index in [0.29, 0.717) is 0 Å². The molecule has 0 aliphatic heterocycles. The summed E-state index contributed by atoms with van der Waals surface area (Å²) in [5.74, 6) is -0.395. The van der Waals surface area contributed by atoms with Crippen LogP contribution in [0, 0.1) is 0 Å². The summed E-state index contributed by atoms with van der Waals surface area (Å²) in [6.45, 7) is 2.49. The highest BCUT2D eigenvalue weighted by molar-refractivity contribution is 5.95. The number of ether oxygens (including phenoxy) is 1. The van der Waals surface area contributed by atoms with Crippen LogP contribution in [0.15, 0.2) is 70.3 Å². The Labute approximate surface area is 186 Å². The highest BCUT2D eigenvalue weighted by atomic mass is 16.5. The first-order valence-electron chi connectivity index (χ1n) is 10.4. The third kappa shape index (κ3) is 5.33. The maximum Gasteiger partial charge on any atom is 0.330 e. The number of benzene rings is 2. The van der Waals surface area contributed by atoms with Crippen molar-refractivity contribution in [3.63, 3.8) is 0 Å². The van der Waals surface area contributed by atoms with Crippen LogP contribution in [0.4, 0.5) is 11.5 Å². The van der Waals surface area contributed by atoms with Gasteiger partial charge in [-0.1, -0.05) is 67.6 Å². The van der Waals surface area contributed by atoms with Gasteiger partial charge in [0.2, 0.25) is 5.91 Å². The Morgan fingerprint density at radius 3 is 2.34 bits per heavy atom. The number of amides is 1.